The smallest absolute Gasteiger partial charge is 0.237 e. The van der Waals surface area contributed by atoms with Crippen molar-refractivity contribution in [3.63, 3.8) is 0 Å². The summed E-state index contributed by atoms with van der Waals surface area (Å²) in [6.45, 7) is 2.87. The Balaban J connectivity index is 1.62. The molecule has 2 aliphatic rings. The van der Waals surface area contributed by atoms with Crippen molar-refractivity contribution in [2.75, 3.05) is 33.3 Å². The topological polar surface area (TPSA) is 70.7 Å². The van der Waals surface area contributed by atoms with Crippen molar-refractivity contribution >= 4 is 11.8 Å². The molecule has 2 fully saturated rings. The maximum Gasteiger partial charge on any atom is 0.237 e. The highest BCUT2D eigenvalue weighted by Crippen LogP contribution is 2.10. The maximum atomic E-state index is 11.9. The van der Waals surface area contributed by atoms with Gasteiger partial charge in [0, 0.05) is 39.7 Å². The van der Waals surface area contributed by atoms with Crippen LogP contribution in [-0.2, 0) is 14.3 Å². The van der Waals surface area contributed by atoms with Gasteiger partial charge in [0.05, 0.1) is 12.1 Å². The van der Waals surface area contributed by atoms with Gasteiger partial charge in [0.1, 0.15) is 0 Å². The Bertz CT molecular complexity index is 343. The number of ether oxygens (including phenoxy) is 1. The van der Waals surface area contributed by atoms with Crippen molar-refractivity contribution in [2.45, 2.75) is 44.2 Å². The van der Waals surface area contributed by atoms with E-state index >= 15 is 0 Å². The molecule has 6 nitrogen and oxygen atoms in total. The highest BCUT2D eigenvalue weighted by molar-refractivity contribution is 5.83. The monoisotopic (exact) mass is 283 g/mol. The first-order valence-corrected chi connectivity index (χ1v) is 7.52. The van der Waals surface area contributed by atoms with Gasteiger partial charge in [-0.1, -0.05) is 0 Å². The summed E-state index contributed by atoms with van der Waals surface area (Å²) in [6, 6.07) is -0.190. The van der Waals surface area contributed by atoms with E-state index in [9.17, 15) is 9.59 Å². The quantitative estimate of drug-likeness (QED) is 0.738. The largest absolute Gasteiger partial charge is 0.380 e. The maximum absolute atomic E-state index is 11.9. The fraction of sp³-hybridized carbons (Fsp3) is 0.857. The lowest BCUT2D eigenvalue weighted by molar-refractivity contribution is -0.132. The Kier molecular flexibility index (Phi) is 5.79. The van der Waals surface area contributed by atoms with Crippen LogP contribution < -0.4 is 10.6 Å². The number of nitrogens with zero attached hydrogens (tertiary/aromatic N) is 1. The van der Waals surface area contributed by atoms with Crippen LogP contribution in [0.2, 0.25) is 0 Å². The Morgan fingerprint density at radius 1 is 1.30 bits per heavy atom. The molecule has 2 atom stereocenters. The molecule has 0 spiro atoms. The van der Waals surface area contributed by atoms with Crippen LogP contribution in [0.5, 0.6) is 0 Å². The zero-order valence-corrected chi connectivity index (χ0v) is 12.2. The van der Waals surface area contributed by atoms with E-state index in [2.05, 4.69) is 10.6 Å². The minimum absolute atomic E-state index is 0.0315. The summed E-state index contributed by atoms with van der Waals surface area (Å²) in [4.78, 5) is 25.8. The lowest BCUT2D eigenvalue weighted by Crippen LogP contribution is -2.42. The van der Waals surface area contributed by atoms with Gasteiger partial charge in [-0.2, -0.15) is 0 Å². The number of carbonyl (C=O) groups is 2. The van der Waals surface area contributed by atoms with E-state index in [1.54, 1.807) is 7.11 Å². The highest BCUT2D eigenvalue weighted by Gasteiger charge is 2.29. The average molecular weight is 283 g/mol. The number of methoxy groups -OCH3 is 1. The molecule has 2 unspecified atom stereocenters. The van der Waals surface area contributed by atoms with Gasteiger partial charge in [0.2, 0.25) is 11.8 Å². The van der Waals surface area contributed by atoms with E-state index in [0.29, 0.717) is 25.9 Å². The molecule has 2 N–H and O–H groups in total. The van der Waals surface area contributed by atoms with Crippen LogP contribution in [0, 0.1) is 0 Å². The fourth-order valence-electron chi connectivity index (χ4n) is 2.80. The summed E-state index contributed by atoms with van der Waals surface area (Å²) in [5.41, 5.74) is 0. The molecule has 2 aliphatic heterocycles. The van der Waals surface area contributed by atoms with Gasteiger partial charge >= 0.3 is 0 Å². The molecule has 2 rings (SSSR count). The summed E-state index contributed by atoms with van der Waals surface area (Å²) in [5, 5.41) is 5.96. The van der Waals surface area contributed by atoms with Crippen LogP contribution in [0.15, 0.2) is 0 Å². The van der Waals surface area contributed by atoms with Crippen molar-refractivity contribution < 1.29 is 14.3 Å². The number of carbonyl (C=O) groups excluding carboxylic acids is 2. The van der Waals surface area contributed by atoms with E-state index in [1.807, 2.05) is 4.90 Å². The molecule has 0 aromatic rings. The standard InChI is InChI=1S/C14H25N3O3/c1-20-11-9-12(16-10-11)14(19)15-6-5-13(18)17-7-3-2-4-8-17/h11-12,16H,2-10H2,1H3,(H,15,19). The van der Waals surface area contributed by atoms with E-state index in [0.717, 1.165) is 25.9 Å². The molecule has 20 heavy (non-hydrogen) atoms. The zero-order chi connectivity index (χ0) is 14.4. The van der Waals surface area contributed by atoms with Gasteiger partial charge in [-0.3, -0.25) is 9.59 Å². The lowest BCUT2D eigenvalue weighted by atomic mass is 10.1. The second-order valence-corrected chi connectivity index (χ2v) is 5.54. The molecule has 0 aromatic carbocycles. The van der Waals surface area contributed by atoms with Gasteiger partial charge in [0.25, 0.3) is 0 Å². The first kappa shape index (κ1) is 15.3. The van der Waals surface area contributed by atoms with Gasteiger partial charge in [-0.05, 0) is 25.7 Å². The van der Waals surface area contributed by atoms with Crippen LogP contribution in [-0.4, -0.2) is 62.1 Å². The van der Waals surface area contributed by atoms with Gasteiger partial charge in [-0.25, -0.2) is 0 Å². The molecule has 2 heterocycles. The predicted molar refractivity (Wildman–Crippen MR) is 75.3 cm³/mol. The third kappa shape index (κ3) is 4.18. The summed E-state index contributed by atoms with van der Waals surface area (Å²) in [6.07, 6.45) is 4.62. The molecule has 2 amide bonds. The summed E-state index contributed by atoms with van der Waals surface area (Å²) in [7, 11) is 1.66. The van der Waals surface area contributed by atoms with Gasteiger partial charge in [-0.15, -0.1) is 0 Å². The SMILES string of the molecule is COC1CNC(C(=O)NCCC(=O)N2CCCCC2)C1. The number of hydrogen-bond donors (Lipinski definition) is 2. The van der Waals surface area contributed by atoms with Crippen molar-refractivity contribution in [3.8, 4) is 0 Å². The fourth-order valence-corrected chi connectivity index (χ4v) is 2.80. The van der Waals surface area contributed by atoms with Gasteiger partial charge < -0.3 is 20.3 Å². The van der Waals surface area contributed by atoms with Crippen LogP contribution in [0.3, 0.4) is 0 Å². The number of likely N-dealkylation sites (tertiary alicyclic amines) is 1. The average Bonchev–Trinajstić information content (AvgIpc) is 2.97. The molecule has 114 valence electrons. The third-order valence-corrected chi connectivity index (χ3v) is 4.09. The molecule has 0 aromatic heterocycles. The van der Waals surface area contributed by atoms with Crippen molar-refractivity contribution in [1.29, 1.82) is 0 Å². The Morgan fingerprint density at radius 2 is 2.05 bits per heavy atom. The van der Waals surface area contributed by atoms with Crippen LogP contribution in [0.4, 0.5) is 0 Å². The first-order valence-electron chi connectivity index (χ1n) is 7.52. The molecule has 2 saturated heterocycles. The molecule has 0 aliphatic carbocycles. The van der Waals surface area contributed by atoms with Crippen molar-refractivity contribution in [3.05, 3.63) is 0 Å². The molecular weight excluding hydrogens is 258 g/mol. The number of nitrogens with one attached hydrogen (secondary N) is 2. The van der Waals surface area contributed by atoms with Crippen LogP contribution in [0.1, 0.15) is 32.1 Å². The molecule has 0 radical (unpaired) electrons. The number of hydrogen-bond acceptors (Lipinski definition) is 4. The minimum Gasteiger partial charge on any atom is -0.380 e. The molecule has 0 saturated carbocycles. The summed E-state index contributed by atoms with van der Waals surface area (Å²) in [5.74, 6) is 0.121. The van der Waals surface area contributed by atoms with Crippen LogP contribution >= 0.6 is 0 Å². The number of amides is 2. The second-order valence-electron chi connectivity index (χ2n) is 5.54. The Hall–Kier alpha value is -1.14. The highest BCUT2D eigenvalue weighted by atomic mass is 16.5. The summed E-state index contributed by atoms with van der Waals surface area (Å²) >= 11 is 0. The van der Waals surface area contributed by atoms with Gasteiger partial charge in [0.15, 0.2) is 0 Å². The second kappa shape index (κ2) is 7.59. The Labute approximate surface area is 120 Å². The number of rotatable bonds is 5. The normalized spacial score (nSPS) is 26.6. The third-order valence-electron chi connectivity index (χ3n) is 4.09. The first-order chi connectivity index (χ1) is 9.70. The predicted octanol–water partition coefficient (Wildman–Crippen LogP) is -0.118. The minimum atomic E-state index is -0.190. The molecule has 0 bridgehead atoms. The van der Waals surface area contributed by atoms with E-state index in [4.69, 9.17) is 4.74 Å². The molecule has 6 heteroatoms. The lowest BCUT2D eigenvalue weighted by Gasteiger charge is -2.26. The van der Waals surface area contributed by atoms with E-state index in [-0.39, 0.29) is 24.0 Å². The van der Waals surface area contributed by atoms with Crippen molar-refractivity contribution in [1.82, 2.24) is 15.5 Å². The van der Waals surface area contributed by atoms with E-state index in [1.165, 1.54) is 6.42 Å². The summed E-state index contributed by atoms with van der Waals surface area (Å²) < 4.78 is 5.21. The van der Waals surface area contributed by atoms with Crippen molar-refractivity contribution in [2.24, 2.45) is 0 Å². The number of piperidine rings is 1. The van der Waals surface area contributed by atoms with E-state index < -0.39 is 0 Å². The van der Waals surface area contributed by atoms with Crippen LogP contribution in [0.25, 0.3) is 0 Å². The molecular formula is C14H25N3O3. The Morgan fingerprint density at radius 3 is 2.70 bits per heavy atom. The zero-order valence-electron chi connectivity index (χ0n) is 12.2.